The Labute approximate surface area is 192 Å². The SMILES string of the molecule is COc1c(Br)cc(Br)cc1/C=N/NC(=O)COc1c(Br)cc(Br)cc1Br. The molecule has 0 aliphatic heterocycles. The molecule has 0 bridgehead atoms. The van der Waals surface area contributed by atoms with Gasteiger partial charge in [-0.1, -0.05) is 31.9 Å². The number of benzene rings is 2. The minimum absolute atomic E-state index is 0.185. The molecule has 10 heteroatoms. The molecule has 0 saturated carbocycles. The minimum Gasteiger partial charge on any atom is -0.495 e. The van der Waals surface area contributed by atoms with Crippen LogP contribution in [-0.2, 0) is 4.79 Å². The van der Waals surface area contributed by atoms with Crippen molar-refractivity contribution in [3.05, 3.63) is 52.2 Å². The van der Waals surface area contributed by atoms with Crippen LogP contribution in [0, 0.1) is 0 Å². The Morgan fingerprint density at radius 2 is 1.54 bits per heavy atom. The standard InChI is InChI=1S/C16H11Br5N2O3/c1-25-15-8(2-9(17)3-11(15)19)6-22-23-14(24)7-26-16-12(20)4-10(18)5-13(16)21/h2-6H,7H2,1H3,(H,23,24)/b22-6+. The van der Waals surface area contributed by atoms with Gasteiger partial charge >= 0.3 is 0 Å². The fraction of sp³-hybridized carbons (Fsp3) is 0.125. The van der Waals surface area contributed by atoms with Crippen LogP contribution in [0.2, 0.25) is 0 Å². The van der Waals surface area contributed by atoms with Crippen LogP contribution in [0.25, 0.3) is 0 Å². The van der Waals surface area contributed by atoms with Crippen molar-refractivity contribution >= 4 is 91.8 Å². The number of amides is 1. The molecule has 2 rings (SSSR count). The number of hydrogen-bond acceptors (Lipinski definition) is 4. The molecule has 0 aromatic heterocycles. The van der Waals surface area contributed by atoms with Crippen molar-refractivity contribution in [2.75, 3.05) is 13.7 Å². The number of methoxy groups -OCH3 is 1. The van der Waals surface area contributed by atoms with Gasteiger partial charge in [-0.2, -0.15) is 5.10 Å². The highest BCUT2D eigenvalue weighted by Crippen LogP contribution is 2.36. The summed E-state index contributed by atoms with van der Waals surface area (Å²) >= 11 is 17.0. The van der Waals surface area contributed by atoms with Crippen molar-refractivity contribution in [1.82, 2.24) is 5.43 Å². The Morgan fingerprint density at radius 1 is 1.00 bits per heavy atom. The zero-order valence-electron chi connectivity index (χ0n) is 13.2. The topological polar surface area (TPSA) is 59.9 Å². The van der Waals surface area contributed by atoms with Crippen LogP contribution >= 0.6 is 79.6 Å². The van der Waals surface area contributed by atoms with Gasteiger partial charge in [0.25, 0.3) is 5.91 Å². The first kappa shape index (κ1) is 21.9. The van der Waals surface area contributed by atoms with Crippen molar-refractivity contribution in [3.8, 4) is 11.5 Å². The van der Waals surface area contributed by atoms with E-state index in [-0.39, 0.29) is 6.61 Å². The molecular weight excluding hydrogens is 668 g/mol. The molecular formula is C16H11Br5N2O3. The number of nitrogens with zero attached hydrogens (tertiary/aromatic N) is 1. The summed E-state index contributed by atoms with van der Waals surface area (Å²) in [6, 6.07) is 7.34. The van der Waals surface area contributed by atoms with Gasteiger partial charge in [-0.3, -0.25) is 4.79 Å². The molecule has 2 aromatic carbocycles. The van der Waals surface area contributed by atoms with Gasteiger partial charge in [-0.05, 0) is 72.1 Å². The number of nitrogens with one attached hydrogen (secondary N) is 1. The van der Waals surface area contributed by atoms with Crippen molar-refractivity contribution < 1.29 is 14.3 Å². The lowest BCUT2D eigenvalue weighted by molar-refractivity contribution is -0.123. The van der Waals surface area contributed by atoms with Crippen LogP contribution in [-0.4, -0.2) is 25.8 Å². The highest BCUT2D eigenvalue weighted by Gasteiger charge is 2.11. The Kier molecular flexibility index (Phi) is 8.59. The second-order valence-electron chi connectivity index (χ2n) is 4.79. The number of hydrogen-bond donors (Lipinski definition) is 1. The summed E-state index contributed by atoms with van der Waals surface area (Å²) in [6.07, 6.45) is 1.50. The first-order valence-electron chi connectivity index (χ1n) is 6.94. The van der Waals surface area contributed by atoms with Gasteiger partial charge in [-0.25, -0.2) is 5.43 Å². The Bertz CT molecular complexity index is 835. The van der Waals surface area contributed by atoms with E-state index < -0.39 is 5.91 Å². The van der Waals surface area contributed by atoms with Gasteiger partial charge in [0, 0.05) is 14.5 Å². The highest BCUT2D eigenvalue weighted by molar-refractivity contribution is 9.12. The smallest absolute Gasteiger partial charge is 0.277 e. The van der Waals surface area contributed by atoms with Gasteiger partial charge in [0.2, 0.25) is 0 Å². The van der Waals surface area contributed by atoms with E-state index in [4.69, 9.17) is 9.47 Å². The van der Waals surface area contributed by atoms with Crippen molar-refractivity contribution in [2.45, 2.75) is 0 Å². The van der Waals surface area contributed by atoms with Gasteiger partial charge in [0.05, 0.1) is 26.7 Å². The van der Waals surface area contributed by atoms with E-state index in [1.54, 1.807) is 7.11 Å². The highest BCUT2D eigenvalue weighted by atomic mass is 79.9. The third-order valence-electron chi connectivity index (χ3n) is 2.94. The molecule has 2 aromatic rings. The number of hydrazone groups is 1. The molecule has 0 aliphatic rings. The van der Waals surface area contributed by atoms with Gasteiger partial charge < -0.3 is 9.47 Å². The largest absolute Gasteiger partial charge is 0.495 e. The predicted molar refractivity (Wildman–Crippen MR) is 119 cm³/mol. The third-order valence-corrected chi connectivity index (χ3v) is 5.63. The minimum atomic E-state index is -0.393. The van der Waals surface area contributed by atoms with E-state index in [1.807, 2.05) is 24.3 Å². The quantitative estimate of drug-likeness (QED) is 0.300. The lowest BCUT2D eigenvalue weighted by Crippen LogP contribution is -2.24. The summed E-state index contributed by atoms with van der Waals surface area (Å²) in [5.74, 6) is 0.756. The second-order valence-corrected chi connectivity index (χ2v) is 9.18. The van der Waals surface area contributed by atoms with Gasteiger partial charge in [0.15, 0.2) is 6.61 Å². The lowest BCUT2D eigenvalue weighted by atomic mass is 10.2. The maximum absolute atomic E-state index is 11.9. The normalized spacial score (nSPS) is 10.8. The average Bonchev–Trinajstić information content (AvgIpc) is 2.53. The summed E-state index contributed by atoms with van der Waals surface area (Å²) in [7, 11) is 1.56. The first-order chi connectivity index (χ1) is 12.3. The summed E-state index contributed by atoms with van der Waals surface area (Å²) in [6.45, 7) is -0.185. The maximum atomic E-state index is 11.9. The molecule has 0 heterocycles. The fourth-order valence-corrected chi connectivity index (χ4v) is 5.81. The van der Waals surface area contributed by atoms with Gasteiger partial charge in [-0.15, -0.1) is 0 Å². The zero-order chi connectivity index (χ0) is 19.3. The molecule has 0 unspecified atom stereocenters. The van der Waals surface area contributed by atoms with E-state index in [2.05, 4.69) is 90.2 Å². The molecule has 1 N–H and O–H groups in total. The summed E-state index contributed by atoms with van der Waals surface area (Å²) in [5.41, 5.74) is 3.12. The van der Waals surface area contributed by atoms with E-state index in [0.717, 1.165) is 22.4 Å². The van der Waals surface area contributed by atoms with E-state index in [9.17, 15) is 4.79 Å². The molecule has 1 amide bonds. The number of carbonyl (C=O) groups is 1. The molecule has 0 saturated heterocycles. The molecule has 0 atom stereocenters. The maximum Gasteiger partial charge on any atom is 0.277 e. The molecule has 138 valence electrons. The van der Waals surface area contributed by atoms with Crippen LogP contribution in [0.3, 0.4) is 0 Å². The molecule has 0 radical (unpaired) electrons. The zero-order valence-corrected chi connectivity index (χ0v) is 21.1. The number of rotatable bonds is 6. The average molecular weight is 679 g/mol. The Morgan fingerprint density at radius 3 is 2.12 bits per heavy atom. The van der Waals surface area contributed by atoms with Crippen molar-refractivity contribution in [3.63, 3.8) is 0 Å². The molecule has 0 spiro atoms. The monoisotopic (exact) mass is 674 g/mol. The van der Waals surface area contributed by atoms with E-state index in [0.29, 0.717) is 17.1 Å². The van der Waals surface area contributed by atoms with Gasteiger partial charge in [0.1, 0.15) is 11.5 Å². The van der Waals surface area contributed by atoms with Crippen LogP contribution < -0.4 is 14.9 Å². The second kappa shape index (κ2) is 10.2. The molecule has 5 nitrogen and oxygen atoms in total. The Balaban J connectivity index is 1.99. The predicted octanol–water partition coefficient (Wildman–Crippen LogP) is 6.04. The number of carbonyl (C=O) groups excluding carboxylic acids is 1. The van der Waals surface area contributed by atoms with Crippen LogP contribution in [0.4, 0.5) is 0 Å². The fourth-order valence-electron chi connectivity index (χ4n) is 1.90. The van der Waals surface area contributed by atoms with E-state index >= 15 is 0 Å². The molecule has 0 fully saturated rings. The summed E-state index contributed by atoms with van der Waals surface area (Å²) < 4.78 is 14.8. The van der Waals surface area contributed by atoms with E-state index in [1.165, 1.54) is 6.21 Å². The first-order valence-corrected chi connectivity index (χ1v) is 10.9. The number of ether oxygens (including phenoxy) is 2. The summed E-state index contributed by atoms with van der Waals surface area (Å²) in [4.78, 5) is 11.9. The Hall–Kier alpha value is -0.420. The van der Waals surface area contributed by atoms with Crippen LogP contribution in [0.1, 0.15) is 5.56 Å². The molecule has 0 aliphatic carbocycles. The molecule has 26 heavy (non-hydrogen) atoms. The third kappa shape index (κ3) is 6.05. The number of halogens is 5. The lowest BCUT2D eigenvalue weighted by Gasteiger charge is -2.10. The van der Waals surface area contributed by atoms with Crippen LogP contribution in [0.15, 0.2) is 51.7 Å². The van der Waals surface area contributed by atoms with Crippen molar-refractivity contribution in [2.24, 2.45) is 5.10 Å². The van der Waals surface area contributed by atoms with Crippen LogP contribution in [0.5, 0.6) is 11.5 Å². The summed E-state index contributed by atoms with van der Waals surface area (Å²) in [5, 5.41) is 3.95. The van der Waals surface area contributed by atoms with Crippen molar-refractivity contribution in [1.29, 1.82) is 0 Å².